The van der Waals surface area contributed by atoms with E-state index in [4.69, 9.17) is 4.42 Å². The van der Waals surface area contributed by atoms with Crippen molar-refractivity contribution in [3.8, 4) is 5.95 Å². The summed E-state index contributed by atoms with van der Waals surface area (Å²) in [6.07, 6.45) is 6.10. The van der Waals surface area contributed by atoms with Crippen molar-refractivity contribution in [1.82, 2.24) is 0 Å². The zero-order valence-electron chi connectivity index (χ0n) is 9.84. The molecule has 0 bridgehead atoms. The minimum atomic E-state index is 0.0763. The third kappa shape index (κ3) is 3.46. The molecule has 0 unspecified atom stereocenters. The summed E-state index contributed by atoms with van der Waals surface area (Å²) in [6.45, 7) is 6.33. The largest absolute Gasteiger partial charge is 0.480 e. The summed E-state index contributed by atoms with van der Waals surface area (Å²) < 4.78 is 5.26. The number of furan rings is 1. The van der Waals surface area contributed by atoms with Crippen LogP contribution in [0.5, 0.6) is 5.95 Å². The molecule has 2 heteroatoms. The van der Waals surface area contributed by atoms with E-state index in [0.29, 0.717) is 0 Å². The SMILES string of the molecule is CCC/C(C)=C/c1cc(CCC)c(O)o1. The van der Waals surface area contributed by atoms with E-state index < -0.39 is 0 Å². The molecule has 0 aliphatic heterocycles. The van der Waals surface area contributed by atoms with Crippen LogP contribution in [0.3, 0.4) is 0 Å². The highest BCUT2D eigenvalue weighted by Crippen LogP contribution is 2.25. The molecular weight excluding hydrogens is 188 g/mol. The summed E-state index contributed by atoms with van der Waals surface area (Å²) in [5.74, 6) is 0.842. The van der Waals surface area contributed by atoms with Crippen LogP contribution >= 0.6 is 0 Å². The maximum Gasteiger partial charge on any atom is 0.285 e. The molecule has 0 aliphatic rings. The van der Waals surface area contributed by atoms with Gasteiger partial charge in [-0.2, -0.15) is 0 Å². The number of aryl methyl sites for hydroxylation is 1. The molecule has 84 valence electrons. The topological polar surface area (TPSA) is 33.4 Å². The molecule has 0 spiro atoms. The van der Waals surface area contributed by atoms with Gasteiger partial charge in [0.25, 0.3) is 5.95 Å². The lowest BCUT2D eigenvalue weighted by molar-refractivity contribution is 0.325. The molecule has 0 saturated carbocycles. The Hall–Kier alpha value is -1.18. The molecule has 2 nitrogen and oxygen atoms in total. The monoisotopic (exact) mass is 208 g/mol. The normalized spacial score (nSPS) is 12.1. The second-order valence-electron chi connectivity index (χ2n) is 3.97. The third-order valence-corrected chi connectivity index (χ3v) is 2.36. The molecule has 0 aromatic carbocycles. The van der Waals surface area contributed by atoms with E-state index in [1.807, 2.05) is 12.1 Å². The van der Waals surface area contributed by atoms with Crippen molar-refractivity contribution in [3.63, 3.8) is 0 Å². The van der Waals surface area contributed by atoms with Crippen molar-refractivity contribution in [2.24, 2.45) is 0 Å². The molecule has 1 rings (SSSR count). The van der Waals surface area contributed by atoms with Gasteiger partial charge in [0.1, 0.15) is 5.76 Å². The molecule has 1 N–H and O–H groups in total. The molecule has 0 atom stereocenters. The second-order valence-corrected chi connectivity index (χ2v) is 3.97. The molecule has 0 saturated heterocycles. The highest BCUT2D eigenvalue weighted by Gasteiger charge is 2.07. The number of hydrogen-bond donors (Lipinski definition) is 1. The molecule has 1 aromatic heterocycles. The molecule has 0 radical (unpaired) electrons. The van der Waals surface area contributed by atoms with E-state index in [2.05, 4.69) is 20.8 Å². The maximum absolute atomic E-state index is 9.51. The Morgan fingerprint density at radius 1 is 1.40 bits per heavy atom. The first kappa shape index (κ1) is 11.9. The van der Waals surface area contributed by atoms with Crippen molar-refractivity contribution >= 4 is 6.08 Å². The van der Waals surface area contributed by atoms with Crippen LogP contribution in [0, 0.1) is 0 Å². The van der Waals surface area contributed by atoms with Crippen molar-refractivity contribution < 1.29 is 9.52 Å². The van der Waals surface area contributed by atoms with Gasteiger partial charge in [-0.25, -0.2) is 0 Å². The van der Waals surface area contributed by atoms with Crippen LogP contribution in [0.2, 0.25) is 0 Å². The second kappa shape index (κ2) is 5.64. The highest BCUT2D eigenvalue weighted by atomic mass is 16.5. The third-order valence-electron chi connectivity index (χ3n) is 2.36. The van der Waals surface area contributed by atoms with Crippen molar-refractivity contribution in [3.05, 3.63) is 23.0 Å². The first-order valence-electron chi connectivity index (χ1n) is 5.66. The van der Waals surface area contributed by atoms with Gasteiger partial charge in [0, 0.05) is 5.56 Å². The Morgan fingerprint density at radius 2 is 2.13 bits per heavy atom. The molecule has 1 heterocycles. The van der Waals surface area contributed by atoms with Crippen LogP contribution in [-0.2, 0) is 6.42 Å². The Bertz CT molecular complexity index is 334. The summed E-state index contributed by atoms with van der Waals surface area (Å²) in [4.78, 5) is 0. The maximum atomic E-state index is 9.51. The van der Waals surface area contributed by atoms with E-state index in [1.165, 1.54) is 5.57 Å². The van der Waals surface area contributed by atoms with E-state index in [0.717, 1.165) is 37.0 Å². The standard InChI is InChI=1S/C13H20O2/c1-4-6-10(3)8-12-9-11(7-5-2)13(14)15-12/h8-9,14H,4-7H2,1-3H3/b10-8+. The van der Waals surface area contributed by atoms with Gasteiger partial charge in [-0.15, -0.1) is 0 Å². The van der Waals surface area contributed by atoms with Gasteiger partial charge < -0.3 is 9.52 Å². The fraction of sp³-hybridized carbons (Fsp3) is 0.538. The highest BCUT2D eigenvalue weighted by molar-refractivity contribution is 5.49. The molecule has 0 amide bonds. The van der Waals surface area contributed by atoms with Crippen molar-refractivity contribution in [2.45, 2.75) is 46.5 Å². The molecular formula is C13H20O2. The lowest BCUT2D eigenvalue weighted by Gasteiger charge is -1.94. The van der Waals surface area contributed by atoms with Crippen molar-refractivity contribution in [1.29, 1.82) is 0 Å². The molecule has 0 aliphatic carbocycles. The summed E-state index contributed by atoms with van der Waals surface area (Å²) >= 11 is 0. The summed E-state index contributed by atoms with van der Waals surface area (Å²) in [5.41, 5.74) is 2.20. The molecule has 15 heavy (non-hydrogen) atoms. The van der Waals surface area contributed by atoms with Crippen molar-refractivity contribution in [2.75, 3.05) is 0 Å². The van der Waals surface area contributed by atoms with Gasteiger partial charge in [-0.3, -0.25) is 0 Å². The Labute approximate surface area is 91.6 Å². The lowest BCUT2D eigenvalue weighted by atomic mass is 10.1. The van der Waals surface area contributed by atoms with Gasteiger partial charge >= 0.3 is 0 Å². The minimum Gasteiger partial charge on any atom is -0.480 e. The van der Waals surface area contributed by atoms with E-state index in [9.17, 15) is 5.11 Å². The lowest BCUT2D eigenvalue weighted by Crippen LogP contribution is -1.77. The zero-order valence-corrected chi connectivity index (χ0v) is 9.84. The van der Waals surface area contributed by atoms with Crippen LogP contribution in [0.15, 0.2) is 16.1 Å². The fourth-order valence-electron chi connectivity index (χ4n) is 1.67. The average Bonchev–Trinajstić information content (AvgIpc) is 2.48. The Morgan fingerprint density at radius 3 is 2.73 bits per heavy atom. The van der Waals surface area contributed by atoms with E-state index >= 15 is 0 Å². The Balaban J connectivity index is 2.78. The number of aromatic hydroxyl groups is 1. The number of hydrogen-bond acceptors (Lipinski definition) is 2. The quantitative estimate of drug-likeness (QED) is 0.788. The zero-order chi connectivity index (χ0) is 11.3. The molecule has 1 aromatic rings. The van der Waals surface area contributed by atoms with Crippen LogP contribution in [0.4, 0.5) is 0 Å². The van der Waals surface area contributed by atoms with Gasteiger partial charge in [-0.05, 0) is 31.9 Å². The predicted octanol–water partition coefficient (Wildman–Crippen LogP) is 4.14. The van der Waals surface area contributed by atoms with Gasteiger partial charge in [0.2, 0.25) is 0 Å². The smallest absolute Gasteiger partial charge is 0.285 e. The van der Waals surface area contributed by atoms with E-state index in [1.54, 1.807) is 0 Å². The van der Waals surface area contributed by atoms with Crippen LogP contribution < -0.4 is 0 Å². The predicted molar refractivity (Wildman–Crippen MR) is 62.9 cm³/mol. The van der Waals surface area contributed by atoms with E-state index in [-0.39, 0.29) is 5.95 Å². The summed E-state index contributed by atoms with van der Waals surface area (Å²) in [7, 11) is 0. The van der Waals surface area contributed by atoms with Crippen LogP contribution in [0.1, 0.15) is 51.4 Å². The average molecular weight is 208 g/mol. The van der Waals surface area contributed by atoms with Gasteiger partial charge in [-0.1, -0.05) is 32.3 Å². The number of allylic oxidation sites excluding steroid dienone is 1. The minimum absolute atomic E-state index is 0.0763. The Kier molecular flexibility index (Phi) is 4.47. The molecule has 0 fully saturated rings. The fourth-order valence-corrected chi connectivity index (χ4v) is 1.67. The summed E-state index contributed by atoms with van der Waals surface area (Å²) in [5, 5.41) is 9.51. The van der Waals surface area contributed by atoms with Gasteiger partial charge in [0.15, 0.2) is 0 Å². The first-order valence-corrected chi connectivity index (χ1v) is 5.66. The van der Waals surface area contributed by atoms with Crippen LogP contribution in [0.25, 0.3) is 6.08 Å². The summed E-state index contributed by atoms with van der Waals surface area (Å²) in [6, 6.07) is 1.93. The van der Waals surface area contributed by atoms with Gasteiger partial charge in [0.05, 0.1) is 0 Å². The number of rotatable bonds is 5. The van der Waals surface area contributed by atoms with Crippen LogP contribution in [-0.4, -0.2) is 5.11 Å². The first-order chi connectivity index (χ1) is 7.17.